The largest absolute Gasteiger partial charge is 0.339 e. The average Bonchev–Trinajstić information content (AvgIpc) is 2.91. The van der Waals surface area contributed by atoms with E-state index in [4.69, 9.17) is 10.3 Å². The minimum Gasteiger partial charge on any atom is -0.339 e. The van der Waals surface area contributed by atoms with Crippen molar-refractivity contribution in [2.45, 2.75) is 52.0 Å². The minimum atomic E-state index is -0.260. The van der Waals surface area contributed by atoms with Gasteiger partial charge in [-0.1, -0.05) is 30.6 Å². The van der Waals surface area contributed by atoms with Gasteiger partial charge in [0.25, 0.3) is 0 Å². The van der Waals surface area contributed by atoms with Gasteiger partial charge in [-0.15, -0.1) is 0 Å². The molecule has 0 bridgehead atoms. The predicted molar refractivity (Wildman–Crippen MR) is 80.3 cm³/mol. The molecule has 0 aliphatic heterocycles. The van der Waals surface area contributed by atoms with Crippen molar-refractivity contribution in [3.63, 3.8) is 0 Å². The molecule has 2 unspecified atom stereocenters. The van der Waals surface area contributed by atoms with Crippen LogP contribution in [-0.4, -0.2) is 16.2 Å². The van der Waals surface area contributed by atoms with Gasteiger partial charge in [0, 0.05) is 17.5 Å². The number of halogens is 1. The van der Waals surface area contributed by atoms with Crippen LogP contribution in [0.25, 0.3) is 11.4 Å². The molecule has 0 spiro atoms. The molecule has 2 N–H and O–H groups in total. The molecule has 1 aromatic heterocycles. The van der Waals surface area contributed by atoms with E-state index in [1.165, 1.54) is 6.07 Å². The standard InChI is InChI=1S/C16H22FN3O/c1-10-7-8-13(9-14(10)17)15-19-16(21-20-15)11(2)5-4-6-12(3)18/h7-9,11-12H,4-6,18H2,1-3H3. The summed E-state index contributed by atoms with van der Waals surface area (Å²) in [5.74, 6) is 0.947. The first kappa shape index (κ1) is 15.6. The first-order chi connectivity index (χ1) is 9.97. The lowest BCUT2D eigenvalue weighted by Gasteiger charge is -2.07. The first-order valence-corrected chi connectivity index (χ1v) is 7.33. The molecule has 2 rings (SSSR count). The van der Waals surface area contributed by atoms with Gasteiger partial charge in [0.15, 0.2) is 0 Å². The van der Waals surface area contributed by atoms with Crippen molar-refractivity contribution in [2.24, 2.45) is 5.73 Å². The van der Waals surface area contributed by atoms with Crippen molar-refractivity contribution >= 4 is 0 Å². The highest BCUT2D eigenvalue weighted by Crippen LogP contribution is 2.24. The number of hydrogen-bond acceptors (Lipinski definition) is 4. The van der Waals surface area contributed by atoms with E-state index < -0.39 is 0 Å². The Hall–Kier alpha value is -1.75. The van der Waals surface area contributed by atoms with Gasteiger partial charge in [-0.25, -0.2) is 4.39 Å². The second kappa shape index (κ2) is 6.80. The molecule has 21 heavy (non-hydrogen) atoms. The van der Waals surface area contributed by atoms with Crippen molar-refractivity contribution < 1.29 is 8.91 Å². The third-order valence-electron chi connectivity index (χ3n) is 3.59. The summed E-state index contributed by atoms with van der Waals surface area (Å²) < 4.78 is 18.9. The highest BCUT2D eigenvalue weighted by Gasteiger charge is 2.16. The van der Waals surface area contributed by atoms with E-state index in [1.807, 2.05) is 13.8 Å². The maximum Gasteiger partial charge on any atom is 0.229 e. The van der Waals surface area contributed by atoms with Crippen LogP contribution in [0.4, 0.5) is 4.39 Å². The zero-order valence-electron chi connectivity index (χ0n) is 12.8. The molecule has 1 aromatic carbocycles. The molecule has 0 aliphatic rings. The van der Waals surface area contributed by atoms with Gasteiger partial charge in [-0.2, -0.15) is 4.98 Å². The van der Waals surface area contributed by atoms with Crippen molar-refractivity contribution in [3.05, 3.63) is 35.5 Å². The van der Waals surface area contributed by atoms with Crippen LogP contribution < -0.4 is 5.73 Å². The van der Waals surface area contributed by atoms with E-state index in [0.29, 0.717) is 22.8 Å². The van der Waals surface area contributed by atoms with Crippen LogP contribution >= 0.6 is 0 Å². The summed E-state index contributed by atoms with van der Waals surface area (Å²) in [5, 5.41) is 3.94. The van der Waals surface area contributed by atoms with E-state index in [-0.39, 0.29) is 17.8 Å². The normalized spacial score (nSPS) is 14.1. The Labute approximate surface area is 124 Å². The quantitative estimate of drug-likeness (QED) is 0.879. The molecule has 1 heterocycles. The Morgan fingerprint density at radius 2 is 2.05 bits per heavy atom. The van der Waals surface area contributed by atoms with E-state index in [0.717, 1.165) is 19.3 Å². The van der Waals surface area contributed by atoms with Gasteiger partial charge in [-0.3, -0.25) is 0 Å². The monoisotopic (exact) mass is 291 g/mol. The van der Waals surface area contributed by atoms with E-state index in [9.17, 15) is 4.39 Å². The smallest absolute Gasteiger partial charge is 0.229 e. The number of benzene rings is 1. The zero-order valence-corrected chi connectivity index (χ0v) is 12.8. The van der Waals surface area contributed by atoms with Gasteiger partial charge in [0.2, 0.25) is 11.7 Å². The van der Waals surface area contributed by atoms with E-state index >= 15 is 0 Å². The number of aryl methyl sites for hydroxylation is 1. The van der Waals surface area contributed by atoms with Crippen LogP contribution in [0.5, 0.6) is 0 Å². The highest BCUT2D eigenvalue weighted by molar-refractivity contribution is 5.54. The number of nitrogens with two attached hydrogens (primary N) is 1. The van der Waals surface area contributed by atoms with Crippen molar-refractivity contribution in [1.29, 1.82) is 0 Å². The van der Waals surface area contributed by atoms with Crippen molar-refractivity contribution in [2.75, 3.05) is 0 Å². The molecule has 2 atom stereocenters. The predicted octanol–water partition coefficient (Wildman–Crippen LogP) is 3.81. The van der Waals surface area contributed by atoms with Crippen LogP contribution in [0.2, 0.25) is 0 Å². The molecule has 0 saturated heterocycles. The van der Waals surface area contributed by atoms with Crippen LogP contribution in [0, 0.1) is 12.7 Å². The molecule has 0 aliphatic carbocycles. The molecular formula is C16H22FN3O. The van der Waals surface area contributed by atoms with Crippen molar-refractivity contribution in [1.82, 2.24) is 10.1 Å². The Bertz CT molecular complexity index is 595. The molecule has 5 heteroatoms. The number of nitrogens with zero attached hydrogens (tertiary/aromatic N) is 2. The number of hydrogen-bond donors (Lipinski definition) is 1. The summed E-state index contributed by atoms with van der Waals surface area (Å²) in [6, 6.07) is 5.16. The minimum absolute atomic E-state index is 0.181. The second-order valence-electron chi connectivity index (χ2n) is 5.73. The summed E-state index contributed by atoms with van der Waals surface area (Å²) in [7, 11) is 0. The lowest BCUT2D eigenvalue weighted by molar-refractivity contribution is 0.350. The summed E-state index contributed by atoms with van der Waals surface area (Å²) in [5.41, 5.74) is 6.98. The molecule has 0 fully saturated rings. The van der Waals surface area contributed by atoms with Gasteiger partial charge in [0.05, 0.1) is 0 Å². The summed E-state index contributed by atoms with van der Waals surface area (Å²) in [4.78, 5) is 4.37. The molecule has 114 valence electrons. The average molecular weight is 291 g/mol. The number of aromatic nitrogens is 2. The maximum atomic E-state index is 13.6. The molecule has 0 saturated carbocycles. The third-order valence-corrected chi connectivity index (χ3v) is 3.59. The molecule has 0 radical (unpaired) electrons. The fraction of sp³-hybridized carbons (Fsp3) is 0.500. The Kier molecular flexibility index (Phi) is 5.07. The Morgan fingerprint density at radius 1 is 1.29 bits per heavy atom. The van der Waals surface area contributed by atoms with E-state index in [2.05, 4.69) is 10.1 Å². The number of rotatable bonds is 6. The van der Waals surface area contributed by atoms with Gasteiger partial charge >= 0.3 is 0 Å². The summed E-state index contributed by atoms with van der Waals surface area (Å²) >= 11 is 0. The maximum absolute atomic E-state index is 13.6. The summed E-state index contributed by atoms with van der Waals surface area (Å²) in [6.45, 7) is 5.77. The fourth-order valence-electron chi connectivity index (χ4n) is 2.15. The van der Waals surface area contributed by atoms with Crippen LogP contribution in [0.1, 0.15) is 50.5 Å². The fourth-order valence-corrected chi connectivity index (χ4v) is 2.15. The SMILES string of the molecule is Cc1ccc(-c2noc(C(C)CCCC(C)N)n2)cc1F. The van der Waals surface area contributed by atoms with E-state index in [1.54, 1.807) is 19.1 Å². The molecule has 4 nitrogen and oxygen atoms in total. The van der Waals surface area contributed by atoms with Gasteiger partial charge < -0.3 is 10.3 Å². The lowest BCUT2D eigenvalue weighted by Crippen LogP contribution is -2.14. The lowest BCUT2D eigenvalue weighted by atomic mass is 10.0. The third kappa shape index (κ3) is 4.11. The van der Waals surface area contributed by atoms with Gasteiger partial charge in [0.1, 0.15) is 5.82 Å². The molecular weight excluding hydrogens is 269 g/mol. The molecule has 0 amide bonds. The second-order valence-corrected chi connectivity index (χ2v) is 5.73. The topological polar surface area (TPSA) is 64.9 Å². The first-order valence-electron chi connectivity index (χ1n) is 7.33. The van der Waals surface area contributed by atoms with Gasteiger partial charge in [-0.05, 0) is 38.3 Å². The molecule has 2 aromatic rings. The Balaban J connectivity index is 2.05. The van der Waals surface area contributed by atoms with Crippen LogP contribution in [-0.2, 0) is 0 Å². The van der Waals surface area contributed by atoms with Crippen molar-refractivity contribution in [3.8, 4) is 11.4 Å². The Morgan fingerprint density at radius 3 is 2.71 bits per heavy atom. The zero-order chi connectivity index (χ0) is 15.4. The van der Waals surface area contributed by atoms with Crippen LogP contribution in [0.15, 0.2) is 22.7 Å². The van der Waals surface area contributed by atoms with Crippen LogP contribution in [0.3, 0.4) is 0 Å². The highest BCUT2D eigenvalue weighted by atomic mass is 19.1. The summed E-state index contributed by atoms with van der Waals surface area (Å²) in [6.07, 6.45) is 2.95.